The molecule has 1 heterocycles. The van der Waals surface area contributed by atoms with Crippen molar-refractivity contribution in [2.75, 3.05) is 11.9 Å². The van der Waals surface area contributed by atoms with E-state index in [1.807, 2.05) is 13.8 Å². The van der Waals surface area contributed by atoms with Crippen molar-refractivity contribution in [1.82, 2.24) is 15.3 Å². The van der Waals surface area contributed by atoms with E-state index >= 15 is 0 Å². The van der Waals surface area contributed by atoms with Gasteiger partial charge in [0.2, 0.25) is 0 Å². The molecular weight excluding hydrogens is 240 g/mol. The summed E-state index contributed by atoms with van der Waals surface area (Å²) in [5.41, 5.74) is 0.358. The minimum Gasteiger partial charge on any atom is -0.369 e. The van der Waals surface area contributed by atoms with E-state index in [0.29, 0.717) is 17.4 Å². The van der Waals surface area contributed by atoms with Gasteiger partial charge in [-0.2, -0.15) is 0 Å². The largest absolute Gasteiger partial charge is 0.369 e. The molecule has 106 valence electrons. The molecule has 19 heavy (non-hydrogen) atoms. The minimum atomic E-state index is -0.161. The molecule has 1 aromatic heterocycles. The van der Waals surface area contributed by atoms with Crippen LogP contribution < -0.4 is 10.6 Å². The Bertz CT molecular complexity index is 404. The zero-order valence-corrected chi connectivity index (χ0v) is 12.2. The van der Waals surface area contributed by atoms with Gasteiger partial charge in [0.15, 0.2) is 0 Å². The number of carbonyl (C=O) groups is 1. The number of anilines is 1. The van der Waals surface area contributed by atoms with Gasteiger partial charge in [-0.1, -0.05) is 26.7 Å². The second-order valence-corrected chi connectivity index (χ2v) is 4.66. The molecule has 0 aliphatic rings. The number of amides is 1. The van der Waals surface area contributed by atoms with Gasteiger partial charge in [-0.25, -0.2) is 4.98 Å². The average molecular weight is 264 g/mol. The van der Waals surface area contributed by atoms with Crippen molar-refractivity contribution in [2.24, 2.45) is 5.92 Å². The van der Waals surface area contributed by atoms with Gasteiger partial charge in [0.1, 0.15) is 11.5 Å². The predicted octanol–water partition coefficient (Wildman–Crippen LogP) is 2.46. The molecule has 1 amide bonds. The van der Waals surface area contributed by atoms with E-state index in [1.165, 1.54) is 6.20 Å². The molecule has 1 aromatic rings. The number of nitrogens with one attached hydrogen (secondary N) is 2. The first-order chi connectivity index (χ1) is 9.12. The van der Waals surface area contributed by atoms with E-state index in [-0.39, 0.29) is 11.9 Å². The lowest BCUT2D eigenvalue weighted by molar-refractivity contribution is 0.0920. The van der Waals surface area contributed by atoms with Crippen molar-refractivity contribution in [3.05, 3.63) is 18.1 Å². The number of nitrogens with zero attached hydrogens (tertiary/aromatic N) is 2. The molecule has 0 fully saturated rings. The van der Waals surface area contributed by atoms with E-state index in [0.717, 1.165) is 19.4 Å². The van der Waals surface area contributed by atoms with Crippen molar-refractivity contribution in [2.45, 2.75) is 46.6 Å². The zero-order chi connectivity index (χ0) is 14.3. The number of aromatic nitrogens is 2. The Hall–Kier alpha value is -1.65. The number of rotatable bonds is 7. The first-order valence-corrected chi connectivity index (χ1v) is 6.99. The molecule has 0 bridgehead atoms. The second-order valence-electron chi connectivity index (χ2n) is 4.66. The van der Waals surface area contributed by atoms with Crippen molar-refractivity contribution in [1.29, 1.82) is 0 Å². The summed E-state index contributed by atoms with van der Waals surface area (Å²) >= 11 is 0. The topological polar surface area (TPSA) is 66.9 Å². The van der Waals surface area contributed by atoms with Crippen molar-refractivity contribution < 1.29 is 4.79 Å². The van der Waals surface area contributed by atoms with E-state index in [4.69, 9.17) is 0 Å². The summed E-state index contributed by atoms with van der Waals surface area (Å²) in [5.74, 6) is 0.964. The van der Waals surface area contributed by atoms with Gasteiger partial charge in [0.25, 0.3) is 5.91 Å². The molecule has 0 saturated heterocycles. The summed E-state index contributed by atoms with van der Waals surface area (Å²) in [6.45, 7) is 9.05. The third-order valence-corrected chi connectivity index (χ3v) is 3.34. The fourth-order valence-electron chi connectivity index (χ4n) is 2.14. The Morgan fingerprint density at radius 2 is 1.95 bits per heavy atom. The van der Waals surface area contributed by atoms with Crippen LogP contribution >= 0.6 is 0 Å². The lowest BCUT2D eigenvalue weighted by Gasteiger charge is -2.22. The predicted molar refractivity (Wildman–Crippen MR) is 77.2 cm³/mol. The maximum absolute atomic E-state index is 12.1. The van der Waals surface area contributed by atoms with Gasteiger partial charge in [-0.3, -0.25) is 9.78 Å². The maximum atomic E-state index is 12.1. The second kappa shape index (κ2) is 7.71. The molecule has 0 saturated carbocycles. The Kier molecular flexibility index (Phi) is 6.25. The summed E-state index contributed by atoms with van der Waals surface area (Å²) in [4.78, 5) is 20.4. The van der Waals surface area contributed by atoms with Crippen LogP contribution in [-0.4, -0.2) is 28.5 Å². The SMILES string of the molecule is CCNc1cncc(C(=O)NC(C)C(CC)CC)n1. The zero-order valence-electron chi connectivity index (χ0n) is 12.2. The average Bonchev–Trinajstić information content (AvgIpc) is 2.40. The Morgan fingerprint density at radius 1 is 1.26 bits per heavy atom. The summed E-state index contributed by atoms with van der Waals surface area (Å²) in [6.07, 6.45) is 5.22. The van der Waals surface area contributed by atoms with Gasteiger partial charge in [-0.05, 0) is 19.8 Å². The lowest BCUT2D eigenvalue weighted by Crippen LogP contribution is -2.38. The quantitative estimate of drug-likeness (QED) is 0.794. The van der Waals surface area contributed by atoms with Crippen molar-refractivity contribution in [3.63, 3.8) is 0 Å². The van der Waals surface area contributed by atoms with Crippen LogP contribution in [0.25, 0.3) is 0 Å². The first kappa shape index (κ1) is 15.4. The van der Waals surface area contributed by atoms with E-state index in [1.54, 1.807) is 6.20 Å². The first-order valence-electron chi connectivity index (χ1n) is 6.99. The molecule has 1 unspecified atom stereocenters. The van der Waals surface area contributed by atoms with Crippen LogP contribution in [0, 0.1) is 5.92 Å². The van der Waals surface area contributed by atoms with E-state index in [9.17, 15) is 4.79 Å². The van der Waals surface area contributed by atoms with Crippen LogP contribution in [0.1, 0.15) is 51.0 Å². The summed E-state index contributed by atoms with van der Waals surface area (Å²) < 4.78 is 0. The molecule has 0 aliphatic heterocycles. The molecule has 0 aromatic carbocycles. The highest BCUT2D eigenvalue weighted by Crippen LogP contribution is 2.13. The smallest absolute Gasteiger partial charge is 0.271 e. The third kappa shape index (κ3) is 4.50. The van der Waals surface area contributed by atoms with Crippen LogP contribution in [0.15, 0.2) is 12.4 Å². The molecular formula is C14H24N4O. The molecule has 1 atom stereocenters. The van der Waals surface area contributed by atoms with Crippen LogP contribution in [0.3, 0.4) is 0 Å². The van der Waals surface area contributed by atoms with Crippen molar-refractivity contribution in [3.8, 4) is 0 Å². The highest BCUT2D eigenvalue weighted by molar-refractivity contribution is 5.92. The summed E-state index contributed by atoms with van der Waals surface area (Å²) in [6, 6.07) is 0.145. The van der Waals surface area contributed by atoms with Gasteiger partial charge in [-0.15, -0.1) is 0 Å². The Labute approximate surface area is 115 Å². The monoisotopic (exact) mass is 264 g/mol. The summed E-state index contributed by atoms with van der Waals surface area (Å²) in [7, 11) is 0. The number of hydrogen-bond donors (Lipinski definition) is 2. The molecule has 0 radical (unpaired) electrons. The standard InChI is InChI=1S/C14H24N4O/c1-5-11(6-2)10(4)17-14(19)12-8-15-9-13(18-12)16-7-3/h8-11H,5-7H2,1-4H3,(H,16,18)(H,17,19). The molecule has 1 rings (SSSR count). The van der Waals surface area contributed by atoms with E-state index < -0.39 is 0 Å². The molecule has 0 aliphatic carbocycles. The minimum absolute atomic E-state index is 0.145. The van der Waals surface area contributed by atoms with Crippen LogP contribution in [0.5, 0.6) is 0 Å². The Morgan fingerprint density at radius 3 is 2.53 bits per heavy atom. The fourth-order valence-corrected chi connectivity index (χ4v) is 2.14. The third-order valence-electron chi connectivity index (χ3n) is 3.34. The van der Waals surface area contributed by atoms with Gasteiger partial charge < -0.3 is 10.6 Å². The fraction of sp³-hybridized carbons (Fsp3) is 0.643. The molecule has 2 N–H and O–H groups in total. The number of hydrogen-bond acceptors (Lipinski definition) is 4. The molecule has 0 spiro atoms. The molecule has 5 nitrogen and oxygen atoms in total. The van der Waals surface area contributed by atoms with Crippen molar-refractivity contribution >= 4 is 11.7 Å². The van der Waals surface area contributed by atoms with Crippen LogP contribution in [-0.2, 0) is 0 Å². The molecule has 5 heteroatoms. The van der Waals surface area contributed by atoms with Gasteiger partial charge >= 0.3 is 0 Å². The summed E-state index contributed by atoms with van der Waals surface area (Å²) in [5, 5.41) is 6.05. The highest BCUT2D eigenvalue weighted by Gasteiger charge is 2.17. The van der Waals surface area contributed by atoms with Crippen LogP contribution in [0.4, 0.5) is 5.82 Å². The van der Waals surface area contributed by atoms with E-state index in [2.05, 4.69) is 34.4 Å². The lowest BCUT2D eigenvalue weighted by atomic mass is 9.95. The van der Waals surface area contributed by atoms with Gasteiger partial charge in [0, 0.05) is 12.6 Å². The number of carbonyl (C=O) groups excluding carboxylic acids is 1. The van der Waals surface area contributed by atoms with Crippen LogP contribution in [0.2, 0.25) is 0 Å². The maximum Gasteiger partial charge on any atom is 0.271 e. The normalized spacial score (nSPS) is 12.3. The Balaban J connectivity index is 2.69. The highest BCUT2D eigenvalue weighted by atomic mass is 16.1. The van der Waals surface area contributed by atoms with Gasteiger partial charge in [0.05, 0.1) is 12.4 Å².